The maximum atomic E-state index is 13.1. The third-order valence-electron chi connectivity index (χ3n) is 4.45. The van der Waals surface area contributed by atoms with Crippen molar-refractivity contribution in [2.75, 3.05) is 23.4 Å². The average Bonchev–Trinajstić information content (AvgIpc) is 2.99. The van der Waals surface area contributed by atoms with Gasteiger partial charge in [-0.1, -0.05) is 12.1 Å². The van der Waals surface area contributed by atoms with Crippen LogP contribution in [-0.4, -0.2) is 35.3 Å². The fourth-order valence-electron chi connectivity index (χ4n) is 3.03. The molecule has 0 spiro atoms. The number of carbonyl (C=O) groups excluding carboxylic acids is 1. The summed E-state index contributed by atoms with van der Waals surface area (Å²) in [5.74, 6) is -0.0281. The van der Waals surface area contributed by atoms with Crippen LogP contribution >= 0.6 is 0 Å². The number of amides is 1. The molecule has 0 unspecified atom stereocenters. The predicted molar refractivity (Wildman–Crippen MR) is 93.2 cm³/mol. The molecule has 5 heteroatoms. The first-order valence-corrected chi connectivity index (χ1v) is 8.18. The van der Waals surface area contributed by atoms with Gasteiger partial charge in [-0.15, -0.1) is 0 Å². The van der Waals surface area contributed by atoms with E-state index in [1.54, 1.807) is 0 Å². The van der Waals surface area contributed by atoms with Gasteiger partial charge in [0.2, 0.25) is 0 Å². The summed E-state index contributed by atoms with van der Waals surface area (Å²) < 4.78 is 1.83. The largest absolute Gasteiger partial charge is 0.373 e. The van der Waals surface area contributed by atoms with Crippen LogP contribution in [0.5, 0.6) is 0 Å². The Kier molecular flexibility index (Phi) is 4.11. The number of para-hydroxylation sites is 2. The monoisotopic (exact) mass is 312 g/mol. The summed E-state index contributed by atoms with van der Waals surface area (Å²) in [6.07, 6.45) is 2.81. The molecule has 0 N–H and O–H groups in total. The molecule has 0 saturated carbocycles. The second kappa shape index (κ2) is 6.07. The fraction of sp³-hybridized carbons (Fsp3) is 0.444. The molecular formula is C18H24N4O. The minimum atomic E-state index is -0.0281. The zero-order valence-electron chi connectivity index (χ0n) is 14.2. The van der Waals surface area contributed by atoms with Gasteiger partial charge in [0.05, 0.1) is 11.4 Å². The molecular weight excluding hydrogens is 288 g/mol. The van der Waals surface area contributed by atoms with E-state index in [-0.39, 0.29) is 18.0 Å². The summed E-state index contributed by atoms with van der Waals surface area (Å²) >= 11 is 0. The molecule has 0 aliphatic carbocycles. The summed E-state index contributed by atoms with van der Waals surface area (Å²) in [5, 5.41) is 4.45. The van der Waals surface area contributed by atoms with E-state index in [1.807, 2.05) is 40.0 Å². The van der Waals surface area contributed by atoms with Crippen LogP contribution in [0.3, 0.4) is 0 Å². The van der Waals surface area contributed by atoms with E-state index < -0.39 is 0 Å². The number of carbonyl (C=O) groups is 1. The smallest absolute Gasteiger partial charge is 0.279 e. The van der Waals surface area contributed by atoms with Gasteiger partial charge in [0.15, 0.2) is 5.69 Å². The van der Waals surface area contributed by atoms with Crippen molar-refractivity contribution in [3.8, 4) is 0 Å². The first kappa shape index (κ1) is 15.6. The van der Waals surface area contributed by atoms with Crippen LogP contribution in [0.1, 0.15) is 43.7 Å². The molecule has 3 rings (SSSR count). The van der Waals surface area contributed by atoms with Crippen LogP contribution in [0.25, 0.3) is 0 Å². The van der Waals surface area contributed by atoms with Crippen LogP contribution < -0.4 is 9.80 Å². The molecule has 1 aliphatic rings. The molecule has 0 radical (unpaired) electrons. The third-order valence-corrected chi connectivity index (χ3v) is 4.45. The van der Waals surface area contributed by atoms with Crippen molar-refractivity contribution in [1.29, 1.82) is 0 Å². The molecule has 0 saturated heterocycles. The van der Waals surface area contributed by atoms with Crippen molar-refractivity contribution in [2.24, 2.45) is 0 Å². The second-order valence-electron chi connectivity index (χ2n) is 6.50. The summed E-state index contributed by atoms with van der Waals surface area (Å²) in [6, 6.07) is 10.3. The van der Waals surface area contributed by atoms with Gasteiger partial charge in [0.25, 0.3) is 5.91 Å². The number of nitrogens with zero attached hydrogens (tertiary/aromatic N) is 4. The number of hydrogen-bond acceptors (Lipinski definition) is 3. The first-order valence-electron chi connectivity index (χ1n) is 8.18. The average molecular weight is 312 g/mol. The summed E-state index contributed by atoms with van der Waals surface area (Å²) in [5.41, 5.74) is 2.56. The van der Waals surface area contributed by atoms with Gasteiger partial charge in [-0.05, 0) is 45.4 Å². The van der Waals surface area contributed by atoms with Gasteiger partial charge in [0.1, 0.15) is 0 Å². The van der Waals surface area contributed by atoms with Gasteiger partial charge >= 0.3 is 0 Å². The number of rotatable bonds is 2. The molecule has 2 aromatic rings. The minimum Gasteiger partial charge on any atom is -0.373 e. The number of benzene rings is 1. The molecule has 5 nitrogen and oxygen atoms in total. The maximum Gasteiger partial charge on any atom is 0.279 e. The fourth-order valence-corrected chi connectivity index (χ4v) is 3.03. The molecule has 2 heterocycles. The van der Waals surface area contributed by atoms with Gasteiger partial charge in [0, 0.05) is 31.9 Å². The Morgan fingerprint density at radius 1 is 1.22 bits per heavy atom. The van der Waals surface area contributed by atoms with E-state index >= 15 is 0 Å². The molecule has 122 valence electrons. The van der Waals surface area contributed by atoms with Crippen molar-refractivity contribution in [3.05, 3.63) is 42.2 Å². The number of anilines is 2. The van der Waals surface area contributed by atoms with E-state index in [2.05, 4.69) is 43.9 Å². The van der Waals surface area contributed by atoms with E-state index in [0.717, 1.165) is 24.3 Å². The van der Waals surface area contributed by atoms with Gasteiger partial charge in [-0.2, -0.15) is 5.10 Å². The Morgan fingerprint density at radius 2 is 1.91 bits per heavy atom. The predicted octanol–water partition coefficient (Wildman–Crippen LogP) is 3.34. The van der Waals surface area contributed by atoms with Crippen molar-refractivity contribution < 1.29 is 4.79 Å². The molecule has 1 aromatic carbocycles. The summed E-state index contributed by atoms with van der Waals surface area (Å²) in [4.78, 5) is 17.2. The summed E-state index contributed by atoms with van der Waals surface area (Å²) in [7, 11) is 2.08. The highest BCUT2D eigenvalue weighted by Crippen LogP contribution is 2.34. The highest BCUT2D eigenvalue weighted by atomic mass is 16.2. The van der Waals surface area contributed by atoms with Crippen molar-refractivity contribution >= 4 is 17.3 Å². The SMILES string of the molecule is CC(C)n1ccc(C(=O)N2c3ccccc3N(C)CC[C@@H]2C)n1. The van der Waals surface area contributed by atoms with Crippen molar-refractivity contribution in [2.45, 2.75) is 39.3 Å². The lowest BCUT2D eigenvalue weighted by molar-refractivity contribution is 0.0972. The lowest BCUT2D eigenvalue weighted by Crippen LogP contribution is -2.38. The van der Waals surface area contributed by atoms with Crippen molar-refractivity contribution in [1.82, 2.24) is 9.78 Å². The normalized spacial score (nSPS) is 18.0. The molecule has 0 fully saturated rings. The lowest BCUT2D eigenvalue weighted by Gasteiger charge is -2.28. The van der Waals surface area contributed by atoms with Gasteiger partial charge in [-0.25, -0.2) is 0 Å². The van der Waals surface area contributed by atoms with Crippen molar-refractivity contribution in [3.63, 3.8) is 0 Å². The second-order valence-corrected chi connectivity index (χ2v) is 6.50. The minimum absolute atomic E-state index is 0.0281. The van der Waals surface area contributed by atoms with E-state index in [9.17, 15) is 4.79 Å². The zero-order valence-corrected chi connectivity index (χ0v) is 14.2. The molecule has 23 heavy (non-hydrogen) atoms. The molecule has 1 aromatic heterocycles. The van der Waals surface area contributed by atoms with E-state index in [0.29, 0.717) is 5.69 Å². The first-order chi connectivity index (χ1) is 11.0. The number of fused-ring (bicyclic) bond motifs is 1. The van der Waals surface area contributed by atoms with Crippen LogP contribution in [0.15, 0.2) is 36.5 Å². The highest BCUT2D eigenvalue weighted by molar-refractivity contribution is 6.07. The summed E-state index contributed by atoms with van der Waals surface area (Å²) in [6.45, 7) is 7.15. The molecule has 1 amide bonds. The molecule has 1 atom stereocenters. The highest BCUT2D eigenvalue weighted by Gasteiger charge is 2.30. The van der Waals surface area contributed by atoms with Crippen LogP contribution in [0, 0.1) is 0 Å². The van der Waals surface area contributed by atoms with Gasteiger partial charge < -0.3 is 9.80 Å². The van der Waals surface area contributed by atoms with E-state index in [4.69, 9.17) is 0 Å². The number of aromatic nitrogens is 2. The molecule has 1 aliphatic heterocycles. The van der Waals surface area contributed by atoms with Crippen LogP contribution in [-0.2, 0) is 0 Å². The Balaban J connectivity index is 2.01. The number of hydrogen-bond donors (Lipinski definition) is 0. The third kappa shape index (κ3) is 2.83. The Labute approximate surface area is 137 Å². The Morgan fingerprint density at radius 3 is 2.57 bits per heavy atom. The Bertz CT molecular complexity index is 707. The zero-order chi connectivity index (χ0) is 16.6. The lowest BCUT2D eigenvalue weighted by atomic mass is 10.1. The van der Waals surface area contributed by atoms with Gasteiger partial charge in [-0.3, -0.25) is 9.48 Å². The molecule has 0 bridgehead atoms. The Hall–Kier alpha value is -2.30. The van der Waals surface area contributed by atoms with Crippen LogP contribution in [0.4, 0.5) is 11.4 Å². The standard InChI is InChI=1S/C18H24N4O/c1-13(2)21-12-10-15(19-21)18(23)22-14(3)9-11-20(4)16-7-5-6-8-17(16)22/h5-8,10,12-14H,9,11H2,1-4H3/t14-/m0/s1. The van der Waals surface area contributed by atoms with Crippen LogP contribution in [0.2, 0.25) is 0 Å². The topological polar surface area (TPSA) is 41.4 Å². The quantitative estimate of drug-likeness (QED) is 0.854. The van der Waals surface area contributed by atoms with E-state index in [1.165, 1.54) is 0 Å². The maximum absolute atomic E-state index is 13.1.